The average Bonchev–Trinajstić information content (AvgIpc) is 2.29. The summed E-state index contributed by atoms with van der Waals surface area (Å²) >= 11 is 3.45. The molecule has 94 valence electrons. The van der Waals surface area contributed by atoms with E-state index in [4.69, 9.17) is 0 Å². The molecule has 0 saturated heterocycles. The molecular weight excluding hydrogens is 281 g/mol. The van der Waals surface area contributed by atoms with E-state index in [0.717, 1.165) is 36.0 Å². The van der Waals surface area contributed by atoms with Gasteiger partial charge in [0.15, 0.2) is 0 Å². The molecule has 3 heteroatoms. The highest BCUT2D eigenvalue weighted by atomic mass is 79.9. The van der Waals surface area contributed by atoms with Crippen LogP contribution in [0.1, 0.15) is 25.8 Å². The number of allylic oxidation sites excluding steroid dienone is 1. The first-order valence-corrected chi connectivity index (χ1v) is 6.73. The molecule has 0 aromatic heterocycles. The summed E-state index contributed by atoms with van der Waals surface area (Å²) in [6, 6.07) is 4.82. The van der Waals surface area contributed by atoms with Crippen LogP contribution < -0.4 is 5.32 Å². The van der Waals surface area contributed by atoms with Crippen LogP contribution in [0.2, 0.25) is 0 Å². The molecule has 1 aromatic rings. The molecule has 17 heavy (non-hydrogen) atoms. The highest BCUT2D eigenvalue weighted by molar-refractivity contribution is 9.10. The van der Waals surface area contributed by atoms with Crippen molar-refractivity contribution in [1.29, 1.82) is 0 Å². The third-order valence-electron chi connectivity index (χ3n) is 2.54. The van der Waals surface area contributed by atoms with Gasteiger partial charge in [-0.1, -0.05) is 34.5 Å². The summed E-state index contributed by atoms with van der Waals surface area (Å²) in [5.74, 6) is -0.177. The highest BCUT2D eigenvalue weighted by Crippen LogP contribution is 2.20. The number of hydrogen-bond donors (Lipinski definition) is 1. The molecule has 0 aliphatic carbocycles. The molecule has 1 rings (SSSR count). The van der Waals surface area contributed by atoms with E-state index in [2.05, 4.69) is 41.2 Å². The second-order valence-corrected chi connectivity index (χ2v) is 4.96. The van der Waals surface area contributed by atoms with Gasteiger partial charge >= 0.3 is 0 Å². The number of rotatable bonds is 6. The lowest BCUT2D eigenvalue weighted by Gasteiger charge is -2.05. The molecule has 0 spiro atoms. The van der Waals surface area contributed by atoms with Crippen LogP contribution >= 0.6 is 15.9 Å². The molecule has 1 N–H and O–H groups in total. The minimum atomic E-state index is -0.177. The van der Waals surface area contributed by atoms with Gasteiger partial charge in [-0.25, -0.2) is 4.39 Å². The van der Waals surface area contributed by atoms with E-state index in [1.807, 2.05) is 0 Å². The molecule has 0 atom stereocenters. The van der Waals surface area contributed by atoms with Crippen molar-refractivity contribution in [2.45, 2.75) is 26.7 Å². The quantitative estimate of drug-likeness (QED) is 0.616. The van der Waals surface area contributed by atoms with Crippen molar-refractivity contribution in [2.75, 3.05) is 13.1 Å². The summed E-state index contributed by atoms with van der Waals surface area (Å²) in [5, 5.41) is 3.27. The summed E-state index contributed by atoms with van der Waals surface area (Å²) in [6.45, 7) is 6.18. The zero-order chi connectivity index (χ0) is 12.7. The fourth-order valence-corrected chi connectivity index (χ4v) is 2.04. The van der Waals surface area contributed by atoms with Gasteiger partial charge in [-0.15, -0.1) is 0 Å². The Labute approximate surface area is 111 Å². The van der Waals surface area contributed by atoms with Crippen LogP contribution in [0.3, 0.4) is 0 Å². The monoisotopic (exact) mass is 299 g/mol. The highest BCUT2D eigenvalue weighted by Gasteiger charge is 2.02. The second kappa shape index (κ2) is 7.62. The smallest absolute Gasteiger partial charge is 0.123 e. The maximum absolute atomic E-state index is 13.1. The average molecular weight is 300 g/mol. The lowest BCUT2D eigenvalue weighted by Crippen LogP contribution is -2.13. The SMILES string of the molecule is CCNCCC=C(C)Cc1cc(F)ccc1Br. The Hall–Kier alpha value is -0.670. The Morgan fingerprint density at radius 2 is 2.24 bits per heavy atom. The van der Waals surface area contributed by atoms with Crippen molar-refractivity contribution in [2.24, 2.45) is 0 Å². The van der Waals surface area contributed by atoms with Crippen LogP contribution in [0.5, 0.6) is 0 Å². The Balaban J connectivity index is 2.55. The zero-order valence-corrected chi connectivity index (χ0v) is 12.0. The van der Waals surface area contributed by atoms with Crippen LogP contribution in [0.15, 0.2) is 34.3 Å². The van der Waals surface area contributed by atoms with Gasteiger partial charge in [-0.2, -0.15) is 0 Å². The Morgan fingerprint density at radius 1 is 1.47 bits per heavy atom. The van der Waals surface area contributed by atoms with E-state index in [1.54, 1.807) is 12.1 Å². The predicted molar refractivity (Wildman–Crippen MR) is 74.7 cm³/mol. The van der Waals surface area contributed by atoms with Gasteiger partial charge in [0, 0.05) is 4.47 Å². The number of hydrogen-bond acceptors (Lipinski definition) is 1. The van der Waals surface area contributed by atoms with Gasteiger partial charge in [-0.05, 0) is 56.6 Å². The molecule has 0 bridgehead atoms. The predicted octanol–water partition coefficient (Wildman–Crippen LogP) is 4.08. The van der Waals surface area contributed by atoms with Gasteiger partial charge < -0.3 is 5.32 Å². The first kappa shape index (κ1) is 14.4. The molecule has 0 radical (unpaired) electrons. The lowest BCUT2D eigenvalue weighted by atomic mass is 10.1. The first-order valence-electron chi connectivity index (χ1n) is 5.93. The fraction of sp³-hybridized carbons (Fsp3) is 0.429. The van der Waals surface area contributed by atoms with Gasteiger partial charge in [0.2, 0.25) is 0 Å². The third-order valence-corrected chi connectivity index (χ3v) is 3.31. The lowest BCUT2D eigenvalue weighted by molar-refractivity contribution is 0.625. The van der Waals surface area contributed by atoms with Crippen molar-refractivity contribution < 1.29 is 4.39 Å². The Morgan fingerprint density at radius 3 is 2.94 bits per heavy atom. The molecule has 1 aromatic carbocycles. The maximum Gasteiger partial charge on any atom is 0.123 e. The molecule has 1 nitrogen and oxygen atoms in total. The molecule has 0 amide bonds. The Kier molecular flexibility index (Phi) is 6.45. The maximum atomic E-state index is 13.1. The van der Waals surface area contributed by atoms with E-state index in [0.29, 0.717) is 0 Å². The topological polar surface area (TPSA) is 12.0 Å². The number of halogens is 2. The van der Waals surface area contributed by atoms with Gasteiger partial charge in [-0.3, -0.25) is 0 Å². The summed E-state index contributed by atoms with van der Waals surface area (Å²) in [7, 11) is 0. The molecular formula is C14H19BrFN. The molecule has 0 fully saturated rings. The van der Waals surface area contributed by atoms with Crippen LogP contribution in [-0.2, 0) is 6.42 Å². The van der Waals surface area contributed by atoms with Gasteiger partial charge in [0.25, 0.3) is 0 Å². The van der Waals surface area contributed by atoms with Crippen molar-refractivity contribution in [3.05, 3.63) is 45.7 Å². The summed E-state index contributed by atoms with van der Waals surface area (Å²) < 4.78 is 14.1. The van der Waals surface area contributed by atoms with E-state index >= 15 is 0 Å². The van der Waals surface area contributed by atoms with Crippen LogP contribution in [-0.4, -0.2) is 13.1 Å². The molecule has 0 heterocycles. The first-order chi connectivity index (χ1) is 8.13. The van der Waals surface area contributed by atoms with E-state index < -0.39 is 0 Å². The van der Waals surface area contributed by atoms with Crippen molar-refractivity contribution in [3.8, 4) is 0 Å². The summed E-state index contributed by atoms with van der Waals surface area (Å²) in [6.07, 6.45) is 4.02. The summed E-state index contributed by atoms with van der Waals surface area (Å²) in [5.41, 5.74) is 2.27. The van der Waals surface area contributed by atoms with Crippen LogP contribution in [0.4, 0.5) is 4.39 Å². The molecule has 0 aliphatic heterocycles. The van der Waals surface area contributed by atoms with E-state index in [9.17, 15) is 4.39 Å². The molecule has 0 aliphatic rings. The van der Waals surface area contributed by atoms with E-state index in [1.165, 1.54) is 11.6 Å². The second-order valence-electron chi connectivity index (χ2n) is 4.11. The minimum Gasteiger partial charge on any atom is -0.317 e. The normalized spacial score (nSPS) is 11.9. The van der Waals surface area contributed by atoms with Gasteiger partial charge in [0.05, 0.1) is 0 Å². The number of benzene rings is 1. The largest absolute Gasteiger partial charge is 0.317 e. The van der Waals surface area contributed by atoms with Gasteiger partial charge in [0.1, 0.15) is 5.82 Å². The van der Waals surface area contributed by atoms with E-state index in [-0.39, 0.29) is 5.82 Å². The zero-order valence-electron chi connectivity index (χ0n) is 10.4. The molecule has 0 saturated carbocycles. The third kappa shape index (κ3) is 5.46. The van der Waals surface area contributed by atoms with Crippen LogP contribution in [0, 0.1) is 5.82 Å². The van der Waals surface area contributed by atoms with Crippen molar-refractivity contribution in [3.63, 3.8) is 0 Å². The Bertz CT molecular complexity index is 388. The van der Waals surface area contributed by atoms with Crippen molar-refractivity contribution >= 4 is 15.9 Å². The standard InChI is InChI=1S/C14H19BrFN/c1-3-17-8-4-5-11(2)9-12-10-13(16)6-7-14(12)15/h5-7,10,17H,3-4,8-9H2,1-2H3. The molecule has 0 unspecified atom stereocenters. The van der Waals surface area contributed by atoms with Crippen LogP contribution in [0.25, 0.3) is 0 Å². The fourth-order valence-electron chi connectivity index (χ4n) is 1.65. The summed E-state index contributed by atoms with van der Waals surface area (Å²) in [4.78, 5) is 0. The van der Waals surface area contributed by atoms with Crippen molar-refractivity contribution in [1.82, 2.24) is 5.32 Å². The number of nitrogens with one attached hydrogen (secondary N) is 1. The minimum absolute atomic E-state index is 0.177.